The zero-order chi connectivity index (χ0) is 41.4. The van der Waals surface area contributed by atoms with Crippen LogP contribution in [0.5, 0.6) is 0 Å². The molecule has 2 nitrogen and oxygen atoms in total. The molecule has 11 aromatic rings. The summed E-state index contributed by atoms with van der Waals surface area (Å²) in [6.45, 7) is 4.72. The molecule has 62 heavy (non-hydrogen) atoms. The highest BCUT2D eigenvalue weighted by molar-refractivity contribution is 7.26. The van der Waals surface area contributed by atoms with Gasteiger partial charge in [0.2, 0.25) is 0 Å². The van der Waals surface area contributed by atoms with Crippen molar-refractivity contribution < 1.29 is 0 Å². The van der Waals surface area contributed by atoms with Gasteiger partial charge >= 0.3 is 0 Å². The Morgan fingerprint density at radius 2 is 0.935 bits per heavy atom. The first-order valence-electron chi connectivity index (χ1n) is 21.3. The lowest BCUT2D eigenvalue weighted by molar-refractivity contribution is 0.661. The second kappa shape index (κ2) is 14.3. The average molecular weight is 809 g/mol. The van der Waals surface area contributed by atoms with E-state index in [0.29, 0.717) is 5.82 Å². The van der Waals surface area contributed by atoms with Gasteiger partial charge in [-0.05, 0) is 90.7 Å². The zero-order valence-electron chi connectivity index (χ0n) is 34.4. The van der Waals surface area contributed by atoms with Crippen LogP contribution in [0.4, 0.5) is 0 Å². The molecule has 292 valence electrons. The third-order valence-electron chi connectivity index (χ3n) is 12.9. The maximum absolute atomic E-state index is 5.26. The van der Waals surface area contributed by atoms with E-state index in [1.54, 1.807) is 0 Å². The van der Waals surface area contributed by atoms with Crippen LogP contribution in [0, 0.1) is 0 Å². The predicted molar refractivity (Wildman–Crippen MR) is 263 cm³/mol. The van der Waals surface area contributed by atoms with Crippen molar-refractivity contribution in [2.45, 2.75) is 19.3 Å². The molecular formula is C59H40N2S. The summed E-state index contributed by atoms with van der Waals surface area (Å²) in [5.41, 5.74) is 17.4. The van der Waals surface area contributed by atoms with Gasteiger partial charge in [-0.25, -0.2) is 9.97 Å². The maximum atomic E-state index is 5.26. The molecule has 0 bridgehead atoms. The monoisotopic (exact) mass is 808 g/mol. The Morgan fingerprint density at radius 1 is 0.371 bits per heavy atom. The van der Waals surface area contributed by atoms with Crippen LogP contribution in [0.15, 0.2) is 206 Å². The molecule has 0 amide bonds. The van der Waals surface area contributed by atoms with Crippen molar-refractivity contribution >= 4 is 42.3 Å². The standard InChI is InChI=1S/C59H40N2S/c1-59(2)51-24-13-21-45(56(51)50-34-42-16-6-7-17-43(42)35-52(50)59)38-30-32-40(33-31-38)53-36-54(61-58(60-53)41-14-4-3-5-15-41)47-19-9-8-18-44(47)37-26-28-39(29-27-37)46-22-12-23-49-48-20-10-11-25-55(48)62-57(46)49/h3-36H,1-2H3. The molecule has 0 saturated heterocycles. The molecule has 9 aromatic carbocycles. The molecule has 2 heterocycles. The lowest BCUT2D eigenvalue weighted by atomic mass is 9.81. The second-order valence-corrected chi connectivity index (χ2v) is 18.0. The quantitative estimate of drug-likeness (QED) is 0.167. The van der Waals surface area contributed by atoms with E-state index < -0.39 is 0 Å². The van der Waals surface area contributed by atoms with Gasteiger partial charge in [-0.15, -0.1) is 11.3 Å². The third kappa shape index (κ3) is 5.92. The molecule has 0 N–H and O–H groups in total. The summed E-state index contributed by atoms with van der Waals surface area (Å²) >= 11 is 1.87. The highest BCUT2D eigenvalue weighted by Crippen LogP contribution is 2.53. The van der Waals surface area contributed by atoms with Gasteiger partial charge in [0.1, 0.15) is 0 Å². The van der Waals surface area contributed by atoms with E-state index in [4.69, 9.17) is 9.97 Å². The molecule has 0 aliphatic heterocycles. The Morgan fingerprint density at radius 3 is 1.73 bits per heavy atom. The number of rotatable bonds is 6. The number of thiophene rings is 1. The van der Waals surface area contributed by atoms with Crippen LogP contribution < -0.4 is 0 Å². The topological polar surface area (TPSA) is 25.8 Å². The summed E-state index contributed by atoms with van der Waals surface area (Å²) < 4.78 is 2.65. The van der Waals surface area contributed by atoms with Crippen molar-refractivity contribution in [1.82, 2.24) is 9.97 Å². The summed E-state index contributed by atoms with van der Waals surface area (Å²) in [4.78, 5) is 10.5. The molecule has 1 aliphatic rings. The molecule has 3 heteroatoms. The van der Waals surface area contributed by atoms with Crippen molar-refractivity contribution in [2.75, 3.05) is 0 Å². The van der Waals surface area contributed by atoms with Crippen LogP contribution in [0.2, 0.25) is 0 Å². The molecule has 0 fully saturated rings. The van der Waals surface area contributed by atoms with E-state index in [1.807, 2.05) is 17.4 Å². The fourth-order valence-corrected chi connectivity index (χ4v) is 11.0. The van der Waals surface area contributed by atoms with Crippen LogP contribution in [0.25, 0.3) is 109 Å². The Bertz CT molecular complexity index is 3520. The third-order valence-corrected chi connectivity index (χ3v) is 14.2. The largest absolute Gasteiger partial charge is 0.228 e. The minimum atomic E-state index is -0.0948. The maximum Gasteiger partial charge on any atom is 0.160 e. The molecular weight excluding hydrogens is 769 g/mol. The van der Waals surface area contributed by atoms with Crippen LogP contribution >= 0.6 is 11.3 Å². The van der Waals surface area contributed by atoms with E-state index >= 15 is 0 Å². The SMILES string of the molecule is CC1(C)c2cc3ccccc3cc2-c2c(-c3ccc(-c4cc(-c5ccccc5-c5ccc(-c6cccc7c6sc6ccccc67)cc5)nc(-c5ccccc5)n4)cc3)cccc21. The van der Waals surface area contributed by atoms with E-state index in [-0.39, 0.29) is 5.41 Å². The van der Waals surface area contributed by atoms with E-state index in [0.717, 1.165) is 39.2 Å². The molecule has 0 radical (unpaired) electrons. The fourth-order valence-electron chi connectivity index (χ4n) is 9.75. The average Bonchev–Trinajstić information content (AvgIpc) is 3.82. The van der Waals surface area contributed by atoms with Crippen LogP contribution in [0.3, 0.4) is 0 Å². The van der Waals surface area contributed by atoms with Crippen molar-refractivity contribution in [3.63, 3.8) is 0 Å². The first-order valence-corrected chi connectivity index (χ1v) is 22.1. The van der Waals surface area contributed by atoms with Gasteiger partial charge < -0.3 is 0 Å². The van der Waals surface area contributed by atoms with Crippen LogP contribution in [-0.2, 0) is 5.41 Å². The van der Waals surface area contributed by atoms with Crippen LogP contribution in [-0.4, -0.2) is 9.97 Å². The summed E-state index contributed by atoms with van der Waals surface area (Å²) in [7, 11) is 0. The first kappa shape index (κ1) is 36.4. The molecule has 12 rings (SSSR count). The molecule has 0 spiro atoms. The van der Waals surface area contributed by atoms with Gasteiger partial charge in [-0.2, -0.15) is 0 Å². The number of hydrogen-bond donors (Lipinski definition) is 0. The highest BCUT2D eigenvalue weighted by Gasteiger charge is 2.37. The van der Waals surface area contributed by atoms with Gasteiger partial charge in [0.05, 0.1) is 11.4 Å². The number of fused-ring (bicyclic) bond motifs is 7. The fraction of sp³-hybridized carbons (Fsp3) is 0.0508. The number of aromatic nitrogens is 2. The van der Waals surface area contributed by atoms with Crippen molar-refractivity contribution in [2.24, 2.45) is 0 Å². The van der Waals surface area contributed by atoms with E-state index in [2.05, 4.69) is 214 Å². The number of nitrogens with zero attached hydrogens (tertiary/aromatic N) is 2. The second-order valence-electron chi connectivity index (χ2n) is 16.9. The molecule has 1 aliphatic carbocycles. The predicted octanol–water partition coefficient (Wildman–Crippen LogP) is 16.3. The van der Waals surface area contributed by atoms with Crippen molar-refractivity contribution in [3.8, 4) is 78.4 Å². The Balaban J connectivity index is 0.933. The van der Waals surface area contributed by atoms with Crippen molar-refractivity contribution in [3.05, 3.63) is 217 Å². The van der Waals surface area contributed by atoms with Gasteiger partial charge in [-0.3, -0.25) is 0 Å². The van der Waals surface area contributed by atoms with Gasteiger partial charge in [-0.1, -0.05) is 196 Å². The normalized spacial score (nSPS) is 12.8. The first-order chi connectivity index (χ1) is 30.5. The Hall–Kier alpha value is -7.46. The molecule has 0 atom stereocenters. The number of hydrogen-bond acceptors (Lipinski definition) is 3. The van der Waals surface area contributed by atoms with Crippen molar-refractivity contribution in [1.29, 1.82) is 0 Å². The van der Waals surface area contributed by atoms with E-state index in [1.165, 1.54) is 75.5 Å². The summed E-state index contributed by atoms with van der Waals surface area (Å²) in [5, 5.41) is 5.19. The minimum Gasteiger partial charge on any atom is -0.228 e. The lowest BCUT2D eigenvalue weighted by Gasteiger charge is -2.22. The van der Waals surface area contributed by atoms with Gasteiger partial charge in [0.25, 0.3) is 0 Å². The highest BCUT2D eigenvalue weighted by atomic mass is 32.1. The van der Waals surface area contributed by atoms with Crippen LogP contribution in [0.1, 0.15) is 25.0 Å². The number of benzene rings is 9. The summed E-state index contributed by atoms with van der Waals surface area (Å²) in [6.07, 6.45) is 0. The lowest BCUT2D eigenvalue weighted by Crippen LogP contribution is -2.14. The smallest absolute Gasteiger partial charge is 0.160 e. The van der Waals surface area contributed by atoms with Gasteiger partial charge in [0, 0.05) is 42.3 Å². The molecule has 0 saturated carbocycles. The minimum absolute atomic E-state index is 0.0948. The molecule has 2 aromatic heterocycles. The van der Waals surface area contributed by atoms with Gasteiger partial charge in [0.15, 0.2) is 5.82 Å². The summed E-state index contributed by atoms with van der Waals surface area (Å²) in [5.74, 6) is 0.704. The summed E-state index contributed by atoms with van der Waals surface area (Å²) in [6, 6.07) is 74.7. The Labute approximate surface area is 365 Å². The van der Waals surface area contributed by atoms with E-state index in [9.17, 15) is 0 Å². The zero-order valence-corrected chi connectivity index (χ0v) is 35.2. The Kier molecular flexibility index (Phi) is 8.41. The molecule has 0 unspecified atom stereocenters.